The number of aliphatic hydroxyl groups is 1. The lowest BCUT2D eigenvalue weighted by molar-refractivity contribution is 0.0382. The van der Waals surface area contributed by atoms with E-state index in [9.17, 15) is 5.11 Å². The normalized spacial score (nSPS) is 22.4. The number of ether oxygens (including phenoxy) is 1. The standard InChI is InChI=1S/C17H32N4O2S/c1-13-10-14(2)21(19-13)11-20(12-23-3)9-8-18-16-7-5-6-15(16)17(22)24-4/h10,15-18,22H,5-9,11-12H2,1-4H3. The van der Waals surface area contributed by atoms with Crippen molar-refractivity contribution in [2.75, 3.05) is 33.2 Å². The third-order valence-electron chi connectivity index (χ3n) is 4.76. The Balaban J connectivity index is 1.82. The maximum atomic E-state index is 10.1. The van der Waals surface area contributed by atoms with Gasteiger partial charge >= 0.3 is 0 Å². The minimum atomic E-state index is -0.255. The molecule has 3 atom stereocenters. The van der Waals surface area contributed by atoms with Gasteiger partial charge in [-0.3, -0.25) is 9.58 Å². The summed E-state index contributed by atoms with van der Waals surface area (Å²) in [5.41, 5.74) is 1.96. The molecular formula is C17H32N4O2S. The van der Waals surface area contributed by atoms with Crippen LogP contribution in [0.3, 0.4) is 0 Å². The summed E-state index contributed by atoms with van der Waals surface area (Å²) in [4.78, 5) is 2.24. The van der Waals surface area contributed by atoms with E-state index in [0.717, 1.165) is 38.3 Å². The van der Waals surface area contributed by atoms with E-state index in [2.05, 4.69) is 28.3 Å². The molecule has 0 aliphatic heterocycles. The fraction of sp³-hybridized carbons (Fsp3) is 0.824. The Morgan fingerprint density at radius 2 is 2.29 bits per heavy atom. The molecular weight excluding hydrogens is 324 g/mol. The van der Waals surface area contributed by atoms with Crippen LogP contribution in [0.5, 0.6) is 0 Å². The molecule has 1 aromatic rings. The van der Waals surface area contributed by atoms with Crippen molar-refractivity contribution in [3.63, 3.8) is 0 Å². The fourth-order valence-electron chi connectivity index (χ4n) is 3.53. The van der Waals surface area contributed by atoms with E-state index in [0.29, 0.717) is 18.7 Å². The molecule has 0 amide bonds. The zero-order chi connectivity index (χ0) is 17.5. The number of aliphatic hydroxyl groups excluding tert-OH is 1. The van der Waals surface area contributed by atoms with Gasteiger partial charge in [0.15, 0.2) is 0 Å². The predicted molar refractivity (Wildman–Crippen MR) is 98.9 cm³/mol. The van der Waals surface area contributed by atoms with Gasteiger partial charge in [0.2, 0.25) is 0 Å². The number of nitrogens with zero attached hydrogens (tertiary/aromatic N) is 3. The maximum Gasteiger partial charge on any atom is 0.103 e. The lowest BCUT2D eigenvalue weighted by atomic mass is 10.0. The van der Waals surface area contributed by atoms with Gasteiger partial charge in [-0.05, 0) is 39.0 Å². The summed E-state index contributed by atoms with van der Waals surface area (Å²) in [6.45, 7) is 7.20. The molecule has 1 aliphatic rings. The van der Waals surface area contributed by atoms with Crippen molar-refractivity contribution in [1.82, 2.24) is 20.0 Å². The number of hydrogen-bond donors (Lipinski definition) is 2. The molecule has 0 bridgehead atoms. The highest BCUT2D eigenvalue weighted by atomic mass is 32.2. The van der Waals surface area contributed by atoms with Crippen LogP contribution in [-0.2, 0) is 11.4 Å². The number of aryl methyl sites for hydroxylation is 2. The van der Waals surface area contributed by atoms with Gasteiger partial charge in [-0.25, -0.2) is 0 Å². The van der Waals surface area contributed by atoms with Crippen molar-refractivity contribution in [2.24, 2.45) is 5.92 Å². The van der Waals surface area contributed by atoms with Crippen LogP contribution in [0.15, 0.2) is 6.07 Å². The summed E-state index contributed by atoms with van der Waals surface area (Å²) < 4.78 is 7.35. The Hall–Kier alpha value is -0.600. The third-order valence-corrected chi connectivity index (χ3v) is 5.59. The highest BCUT2D eigenvalue weighted by molar-refractivity contribution is 7.99. The first kappa shape index (κ1) is 19.7. The van der Waals surface area contributed by atoms with Crippen LogP contribution >= 0.6 is 11.8 Å². The molecule has 2 rings (SSSR count). The predicted octanol–water partition coefficient (Wildman–Crippen LogP) is 1.80. The lowest BCUT2D eigenvalue weighted by Gasteiger charge is -2.27. The number of methoxy groups -OCH3 is 1. The van der Waals surface area contributed by atoms with Crippen molar-refractivity contribution in [2.45, 2.75) is 51.3 Å². The Morgan fingerprint density at radius 1 is 1.50 bits per heavy atom. The highest BCUT2D eigenvalue weighted by Crippen LogP contribution is 2.32. The first-order chi connectivity index (χ1) is 11.5. The number of nitrogens with one attached hydrogen (secondary N) is 1. The van der Waals surface area contributed by atoms with E-state index >= 15 is 0 Å². The summed E-state index contributed by atoms with van der Waals surface area (Å²) in [7, 11) is 1.73. The highest BCUT2D eigenvalue weighted by Gasteiger charge is 2.31. The average molecular weight is 357 g/mol. The Bertz CT molecular complexity index is 497. The van der Waals surface area contributed by atoms with Crippen molar-refractivity contribution in [1.29, 1.82) is 0 Å². The van der Waals surface area contributed by atoms with Gasteiger partial charge in [0, 0.05) is 37.9 Å². The maximum absolute atomic E-state index is 10.1. The molecule has 6 nitrogen and oxygen atoms in total. The molecule has 1 aromatic heterocycles. The molecule has 24 heavy (non-hydrogen) atoms. The van der Waals surface area contributed by atoms with Crippen LogP contribution in [0.25, 0.3) is 0 Å². The largest absolute Gasteiger partial charge is 0.382 e. The molecule has 7 heteroatoms. The van der Waals surface area contributed by atoms with Gasteiger partial charge in [-0.2, -0.15) is 5.10 Å². The van der Waals surface area contributed by atoms with Gasteiger partial charge in [0.05, 0.1) is 12.4 Å². The van der Waals surface area contributed by atoms with Gasteiger partial charge in [-0.1, -0.05) is 6.42 Å². The Kier molecular flexibility index (Phi) is 8.03. The average Bonchev–Trinajstić information content (AvgIpc) is 3.13. The second-order valence-corrected chi connectivity index (χ2v) is 7.62. The molecule has 3 unspecified atom stereocenters. The zero-order valence-corrected chi connectivity index (χ0v) is 16.2. The topological polar surface area (TPSA) is 62.6 Å². The van der Waals surface area contributed by atoms with Crippen LogP contribution in [-0.4, -0.2) is 64.5 Å². The van der Waals surface area contributed by atoms with Crippen molar-refractivity contribution < 1.29 is 9.84 Å². The molecule has 1 aliphatic carbocycles. The van der Waals surface area contributed by atoms with E-state index in [4.69, 9.17) is 4.74 Å². The number of rotatable bonds is 10. The number of thioether (sulfide) groups is 1. The third kappa shape index (κ3) is 5.46. The molecule has 0 radical (unpaired) electrons. The summed E-state index contributed by atoms with van der Waals surface area (Å²) in [6, 6.07) is 2.52. The van der Waals surface area contributed by atoms with E-state index < -0.39 is 0 Å². The quantitative estimate of drug-likeness (QED) is 0.624. The Morgan fingerprint density at radius 3 is 2.92 bits per heavy atom. The molecule has 0 aromatic carbocycles. The summed E-state index contributed by atoms with van der Waals surface area (Å²) in [5.74, 6) is 0.367. The van der Waals surface area contributed by atoms with E-state index in [1.54, 1.807) is 18.9 Å². The van der Waals surface area contributed by atoms with E-state index in [-0.39, 0.29) is 5.44 Å². The van der Waals surface area contributed by atoms with Gasteiger partial charge in [0.25, 0.3) is 0 Å². The van der Waals surface area contributed by atoms with Crippen LogP contribution < -0.4 is 5.32 Å². The Labute approximate surface area is 149 Å². The van der Waals surface area contributed by atoms with E-state index in [1.165, 1.54) is 12.1 Å². The molecule has 0 spiro atoms. The second-order valence-electron chi connectivity index (χ2n) is 6.66. The molecule has 1 fully saturated rings. The first-order valence-corrected chi connectivity index (χ1v) is 10.0. The SMILES string of the molecule is COCN(CCNC1CCCC1C(O)SC)Cn1nc(C)cc1C. The molecule has 138 valence electrons. The first-order valence-electron chi connectivity index (χ1n) is 8.71. The fourth-order valence-corrected chi connectivity index (χ4v) is 4.21. The summed E-state index contributed by atoms with van der Waals surface area (Å²) >= 11 is 1.55. The minimum Gasteiger partial charge on any atom is -0.382 e. The van der Waals surface area contributed by atoms with Crippen LogP contribution in [0.2, 0.25) is 0 Å². The van der Waals surface area contributed by atoms with Gasteiger partial charge in [0.1, 0.15) is 12.2 Å². The molecule has 2 N–H and O–H groups in total. The zero-order valence-electron chi connectivity index (χ0n) is 15.4. The molecule has 1 saturated carbocycles. The van der Waals surface area contributed by atoms with Crippen LogP contribution in [0.4, 0.5) is 0 Å². The van der Waals surface area contributed by atoms with Gasteiger partial charge in [-0.15, -0.1) is 11.8 Å². The van der Waals surface area contributed by atoms with Crippen LogP contribution in [0.1, 0.15) is 30.7 Å². The minimum absolute atomic E-state index is 0.255. The van der Waals surface area contributed by atoms with Gasteiger partial charge < -0.3 is 15.2 Å². The second kappa shape index (κ2) is 9.77. The summed E-state index contributed by atoms with van der Waals surface area (Å²) in [5, 5.41) is 18.3. The van der Waals surface area contributed by atoms with E-state index in [1.807, 2.05) is 17.9 Å². The smallest absolute Gasteiger partial charge is 0.103 e. The molecule has 1 heterocycles. The molecule has 0 saturated heterocycles. The van der Waals surface area contributed by atoms with Crippen LogP contribution in [0, 0.1) is 19.8 Å². The van der Waals surface area contributed by atoms with Crippen molar-refractivity contribution in [3.8, 4) is 0 Å². The summed E-state index contributed by atoms with van der Waals surface area (Å²) in [6.07, 6.45) is 5.46. The lowest BCUT2D eigenvalue weighted by Crippen LogP contribution is -2.42. The number of aromatic nitrogens is 2. The van der Waals surface area contributed by atoms with Crippen molar-refractivity contribution >= 4 is 11.8 Å². The number of hydrogen-bond acceptors (Lipinski definition) is 6. The van der Waals surface area contributed by atoms with Crippen molar-refractivity contribution in [3.05, 3.63) is 17.5 Å². The monoisotopic (exact) mass is 356 g/mol.